The fraction of sp³-hybridized carbons (Fsp3) is 0.312. The normalized spacial score (nSPS) is 15.1. The molecule has 2 aromatic rings. The molecule has 1 aliphatic heterocycles. The van der Waals surface area contributed by atoms with E-state index in [0.29, 0.717) is 16.4 Å². The Labute approximate surface area is 128 Å². The van der Waals surface area contributed by atoms with Gasteiger partial charge in [0.05, 0.1) is 5.57 Å². The molecule has 0 amide bonds. The average Bonchev–Trinajstić information content (AvgIpc) is 2.75. The maximum Gasteiger partial charge on any atom is 0.174 e. The molecule has 0 atom stereocenters. The van der Waals surface area contributed by atoms with E-state index in [4.69, 9.17) is 11.6 Å². The molecule has 21 heavy (non-hydrogen) atoms. The molecule has 1 aromatic heterocycles. The van der Waals surface area contributed by atoms with Crippen molar-refractivity contribution in [3.05, 3.63) is 46.5 Å². The molecule has 1 aromatic carbocycles. The summed E-state index contributed by atoms with van der Waals surface area (Å²) < 4.78 is 2.07. The Morgan fingerprint density at radius 1 is 1.24 bits per heavy atom. The monoisotopic (exact) mass is 298 g/mol. The molecule has 106 valence electrons. The van der Waals surface area contributed by atoms with Crippen molar-refractivity contribution < 1.29 is 0 Å². The van der Waals surface area contributed by atoms with E-state index >= 15 is 0 Å². The number of fused-ring (bicyclic) bond motifs is 1. The lowest BCUT2D eigenvalue weighted by Gasteiger charge is -2.06. The molecule has 0 radical (unpaired) electrons. The number of aryl methyl sites for hydroxylation is 1. The summed E-state index contributed by atoms with van der Waals surface area (Å²) in [5.41, 5.74) is 1.32. The Morgan fingerprint density at radius 2 is 2.10 bits per heavy atom. The summed E-state index contributed by atoms with van der Waals surface area (Å²) in [5, 5.41) is 18.6. The smallest absolute Gasteiger partial charge is 0.174 e. The minimum atomic E-state index is 0.503. The fourth-order valence-electron chi connectivity index (χ4n) is 2.58. The van der Waals surface area contributed by atoms with Crippen LogP contribution in [0, 0.1) is 11.3 Å². The standard InChI is InChI=1S/C16H15ClN4/c17-14-7-4-3-6-12(14)10-13(11-18)16-20-19-15-8-2-1-5-9-21(15)16/h3-4,6-7,10H,1-2,5,8-9H2. The number of halogens is 1. The highest BCUT2D eigenvalue weighted by atomic mass is 35.5. The van der Waals surface area contributed by atoms with E-state index in [2.05, 4.69) is 20.8 Å². The largest absolute Gasteiger partial charge is 0.310 e. The van der Waals surface area contributed by atoms with Gasteiger partial charge in [-0.15, -0.1) is 10.2 Å². The maximum atomic E-state index is 9.48. The van der Waals surface area contributed by atoms with E-state index < -0.39 is 0 Å². The summed E-state index contributed by atoms with van der Waals surface area (Å²) >= 11 is 6.16. The molecule has 0 aliphatic carbocycles. The number of rotatable bonds is 2. The summed E-state index contributed by atoms with van der Waals surface area (Å²) in [7, 11) is 0. The lowest BCUT2D eigenvalue weighted by molar-refractivity contribution is 0.627. The molecule has 0 saturated heterocycles. The third-order valence-corrected chi connectivity index (χ3v) is 4.02. The molecule has 4 nitrogen and oxygen atoms in total. The van der Waals surface area contributed by atoms with Crippen molar-refractivity contribution in [2.24, 2.45) is 0 Å². The quantitative estimate of drug-likeness (QED) is 0.794. The zero-order valence-corrected chi connectivity index (χ0v) is 12.3. The summed E-state index contributed by atoms with van der Waals surface area (Å²) in [6.45, 7) is 0.874. The Hall–Kier alpha value is -2.12. The first kappa shape index (κ1) is 13.8. The van der Waals surface area contributed by atoms with E-state index in [1.54, 1.807) is 6.08 Å². The second-order valence-corrected chi connectivity index (χ2v) is 5.50. The molecular formula is C16H15ClN4. The number of hydrogen-bond donors (Lipinski definition) is 0. The van der Waals surface area contributed by atoms with Crippen LogP contribution in [-0.2, 0) is 13.0 Å². The minimum Gasteiger partial charge on any atom is -0.310 e. The first-order valence-electron chi connectivity index (χ1n) is 7.08. The molecule has 0 unspecified atom stereocenters. The van der Waals surface area contributed by atoms with Crippen molar-refractivity contribution in [2.75, 3.05) is 0 Å². The topological polar surface area (TPSA) is 54.5 Å². The lowest BCUT2D eigenvalue weighted by Crippen LogP contribution is -2.05. The second kappa shape index (κ2) is 6.11. The number of aromatic nitrogens is 3. The van der Waals surface area contributed by atoms with Gasteiger partial charge in [0.1, 0.15) is 11.9 Å². The predicted molar refractivity (Wildman–Crippen MR) is 82.5 cm³/mol. The number of hydrogen-bond acceptors (Lipinski definition) is 3. The van der Waals surface area contributed by atoms with Gasteiger partial charge in [0.25, 0.3) is 0 Å². The van der Waals surface area contributed by atoms with Crippen molar-refractivity contribution in [1.82, 2.24) is 14.8 Å². The van der Waals surface area contributed by atoms with Crippen LogP contribution in [0.4, 0.5) is 0 Å². The van der Waals surface area contributed by atoms with Crippen LogP contribution in [0.5, 0.6) is 0 Å². The number of nitrogens with zero attached hydrogens (tertiary/aromatic N) is 4. The Kier molecular flexibility index (Phi) is 4.03. The van der Waals surface area contributed by atoms with Crippen molar-refractivity contribution in [3.63, 3.8) is 0 Å². The highest BCUT2D eigenvalue weighted by Gasteiger charge is 2.17. The molecular weight excluding hydrogens is 284 g/mol. The van der Waals surface area contributed by atoms with Gasteiger partial charge in [-0.25, -0.2) is 0 Å². The third kappa shape index (κ3) is 2.84. The Morgan fingerprint density at radius 3 is 2.90 bits per heavy atom. The van der Waals surface area contributed by atoms with Crippen molar-refractivity contribution in [1.29, 1.82) is 5.26 Å². The Balaban J connectivity index is 2.04. The third-order valence-electron chi connectivity index (χ3n) is 3.68. The first-order valence-corrected chi connectivity index (χ1v) is 7.46. The predicted octanol–water partition coefficient (Wildman–Crippen LogP) is 3.72. The zero-order valence-electron chi connectivity index (χ0n) is 11.6. The number of benzene rings is 1. The van der Waals surface area contributed by atoms with E-state index in [-0.39, 0.29) is 0 Å². The van der Waals surface area contributed by atoms with Crippen LogP contribution < -0.4 is 0 Å². The van der Waals surface area contributed by atoms with Gasteiger partial charge in [-0.1, -0.05) is 36.2 Å². The highest BCUT2D eigenvalue weighted by Crippen LogP contribution is 2.24. The van der Waals surface area contributed by atoms with Crippen LogP contribution in [0.1, 0.15) is 36.5 Å². The molecule has 5 heteroatoms. The van der Waals surface area contributed by atoms with Crippen molar-refractivity contribution in [2.45, 2.75) is 32.2 Å². The van der Waals surface area contributed by atoms with Crippen LogP contribution in [-0.4, -0.2) is 14.8 Å². The second-order valence-electron chi connectivity index (χ2n) is 5.09. The number of allylic oxidation sites excluding steroid dienone is 1. The van der Waals surface area contributed by atoms with Crippen molar-refractivity contribution >= 4 is 23.3 Å². The lowest BCUT2D eigenvalue weighted by atomic mass is 10.1. The zero-order chi connectivity index (χ0) is 14.7. The van der Waals surface area contributed by atoms with Crippen LogP contribution >= 0.6 is 11.6 Å². The Bertz CT molecular complexity index is 724. The maximum absolute atomic E-state index is 9.48. The molecule has 2 heterocycles. The van der Waals surface area contributed by atoms with Gasteiger partial charge in [-0.3, -0.25) is 0 Å². The number of nitriles is 1. The molecule has 1 aliphatic rings. The van der Waals surface area contributed by atoms with Gasteiger partial charge in [0, 0.05) is 18.0 Å². The van der Waals surface area contributed by atoms with Crippen molar-refractivity contribution in [3.8, 4) is 6.07 Å². The molecule has 0 fully saturated rings. The van der Waals surface area contributed by atoms with E-state index in [1.807, 2.05) is 24.3 Å². The van der Waals surface area contributed by atoms with Gasteiger partial charge >= 0.3 is 0 Å². The van der Waals surface area contributed by atoms with Crippen LogP contribution in [0.3, 0.4) is 0 Å². The SMILES string of the molecule is N#CC(=Cc1ccccc1Cl)c1nnc2n1CCCCC2. The molecule has 3 rings (SSSR count). The van der Waals surface area contributed by atoms with Crippen LogP contribution in [0.2, 0.25) is 5.02 Å². The van der Waals surface area contributed by atoms with Gasteiger partial charge in [-0.05, 0) is 30.5 Å². The van der Waals surface area contributed by atoms with Crippen LogP contribution in [0.15, 0.2) is 24.3 Å². The molecule has 0 saturated carbocycles. The van der Waals surface area contributed by atoms with Gasteiger partial charge in [0.15, 0.2) is 5.82 Å². The molecule has 0 N–H and O–H groups in total. The van der Waals surface area contributed by atoms with E-state index in [9.17, 15) is 5.26 Å². The fourth-order valence-corrected chi connectivity index (χ4v) is 2.77. The average molecular weight is 299 g/mol. The van der Waals surface area contributed by atoms with E-state index in [1.165, 1.54) is 6.42 Å². The first-order chi connectivity index (χ1) is 10.3. The highest BCUT2D eigenvalue weighted by molar-refractivity contribution is 6.32. The summed E-state index contributed by atoms with van der Waals surface area (Å²) in [6.07, 6.45) is 6.14. The summed E-state index contributed by atoms with van der Waals surface area (Å²) in [6, 6.07) is 9.70. The summed E-state index contributed by atoms with van der Waals surface area (Å²) in [4.78, 5) is 0. The molecule has 0 spiro atoms. The van der Waals surface area contributed by atoms with Gasteiger partial charge in [0.2, 0.25) is 0 Å². The minimum absolute atomic E-state index is 0.503. The van der Waals surface area contributed by atoms with Gasteiger partial charge in [-0.2, -0.15) is 5.26 Å². The van der Waals surface area contributed by atoms with Crippen LogP contribution in [0.25, 0.3) is 11.6 Å². The molecule has 0 bridgehead atoms. The summed E-state index contributed by atoms with van der Waals surface area (Å²) in [5.74, 6) is 1.62. The van der Waals surface area contributed by atoms with Gasteiger partial charge < -0.3 is 4.57 Å². The van der Waals surface area contributed by atoms with E-state index in [0.717, 1.165) is 37.2 Å².